The summed E-state index contributed by atoms with van der Waals surface area (Å²) in [5.74, 6) is 0. The topological polar surface area (TPSA) is 45.8 Å². The van der Waals surface area contributed by atoms with Crippen LogP contribution in [0.2, 0.25) is 0 Å². The quantitative estimate of drug-likeness (QED) is 0.645. The minimum atomic E-state index is 0.660. The van der Waals surface area contributed by atoms with Crippen molar-refractivity contribution in [3.05, 3.63) is 29.5 Å². The lowest BCUT2D eigenvalue weighted by Gasteiger charge is -1.96. The molecule has 0 fully saturated rings. The van der Waals surface area contributed by atoms with Gasteiger partial charge in [-0.1, -0.05) is 6.07 Å². The highest BCUT2D eigenvalue weighted by molar-refractivity contribution is 5.96. The summed E-state index contributed by atoms with van der Waals surface area (Å²) in [5, 5.41) is 7.70. The van der Waals surface area contributed by atoms with Crippen molar-refractivity contribution in [2.45, 2.75) is 6.92 Å². The van der Waals surface area contributed by atoms with Crippen molar-refractivity contribution in [3.8, 4) is 0 Å². The Morgan fingerprint density at radius 3 is 3.08 bits per heavy atom. The molecule has 0 aliphatic rings. The number of H-pyrrole nitrogens is 1. The summed E-state index contributed by atoms with van der Waals surface area (Å²) < 4.78 is 0. The molecule has 0 aliphatic heterocycles. The second-order valence-corrected chi connectivity index (χ2v) is 2.75. The first-order valence-corrected chi connectivity index (χ1v) is 3.71. The van der Waals surface area contributed by atoms with E-state index in [0.717, 1.165) is 22.8 Å². The second-order valence-electron chi connectivity index (χ2n) is 2.75. The van der Waals surface area contributed by atoms with Crippen molar-refractivity contribution in [2.75, 3.05) is 0 Å². The Kier molecular flexibility index (Phi) is 1.43. The van der Waals surface area contributed by atoms with Gasteiger partial charge in [0.1, 0.15) is 0 Å². The SMILES string of the molecule is Cc1ccc(C=O)c2[nH]ncc12. The first-order valence-electron chi connectivity index (χ1n) is 3.71. The van der Waals surface area contributed by atoms with Gasteiger partial charge in [0.25, 0.3) is 0 Å². The standard InChI is InChI=1S/C9H8N2O/c1-6-2-3-7(5-12)9-8(6)4-10-11-9/h2-5H,1H3,(H,10,11). The normalized spacial score (nSPS) is 10.4. The lowest BCUT2D eigenvalue weighted by molar-refractivity contribution is 0.112. The van der Waals surface area contributed by atoms with Gasteiger partial charge in [-0.05, 0) is 18.6 Å². The van der Waals surface area contributed by atoms with E-state index >= 15 is 0 Å². The molecule has 1 aromatic heterocycles. The largest absolute Gasteiger partial charge is 0.298 e. The number of aryl methyl sites for hydroxylation is 1. The minimum Gasteiger partial charge on any atom is -0.298 e. The van der Waals surface area contributed by atoms with Crippen molar-refractivity contribution in [2.24, 2.45) is 0 Å². The summed E-state index contributed by atoms with van der Waals surface area (Å²) in [4.78, 5) is 10.6. The number of benzene rings is 1. The first-order chi connectivity index (χ1) is 5.83. The van der Waals surface area contributed by atoms with Gasteiger partial charge < -0.3 is 0 Å². The van der Waals surface area contributed by atoms with Crippen LogP contribution in [0.5, 0.6) is 0 Å². The number of aldehydes is 1. The number of hydrogen-bond donors (Lipinski definition) is 1. The molecule has 0 atom stereocenters. The van der Waals surface area contributed by atoms with Crippen LogP contribution in [0, 0.1) is 6.92 Å². The zero-order valence-electron chi connectivity index (χ0n) is 6.66. The molecule has 0 amide bonds. The van der Waals surface area contributed by atoms with E-state index in [1.165, 1.54) is 0 Å². The molecular weight excluding hydrogens is 152 g/mol. The van der Waals surface area contributed by atoms with Crippen molar-refractivity contribution in [1.82, 2.24) is 10.2 Å². The number of aromatic nitrogens is 2. The van der Waals surface area contributed by atoms with Crippen LogP contribution >= 0.6 is 0 Å². The second kappa shape index (κ2) is 2.44. The van der Waals surface area contributed by atoms with Crippen LogP contribution in [0.3, 0.4) is 0 Å². The van der Waals surface area contributed by atoms with E-state index in [-0.39, 0.29) is 0 Å². The molecule has 0 radical (unpaired) electrons. The number of nitrogens with one attached hydrogen (secondary N) is 1. The highest BCUT2D eigenvalue weighted by Gasteiger charge is 2.03. The van der Waals surface area contributed by atoms with E-state index in [1.807, 2.05) is 13.0 Å². The van der Waals surface area contributed by atoms with E-state index < -0.39 is 0 Å². The summed E-state index contributed by atoms with van der Waals surface area (Å²) in [7, 11) is 0. The number of rotatable bonds is 1. The number of fused-ring (bicyclic) bond motifs is 1. The Hall–Kier alpha value is -1.64. The van der Waals surface area contributed by atoms with Gasteiger partial charge in [0.05, 0.1) is 11.7 Å². The van der Waals surface area contributed by atoms with Gasteiger partial charge in [-0.25, -0.2) is 0 Å². The maximum atomic E-state index is 10.6. The Bertz CT molecular complexity index is 431. The van der Waals surface area contributed by atoms with Crippen LogP contribution in [0.4, 0.5) is 0 Å². The van der Waals surface area contributed by atoms with Gasteiger partial charge in [-0.15, -0.1) is 0 Å². The highest BCUT2D eigenvalue weighted by Crippen LogP contribution is 2.18. The van der Waals surface area contributed by atoms with Crippen LogP contribution in [0.25, 0.3) is 10.9 Å². The fraction of sp³-hybridized carbons (Fsp3) is 0.111. The zero-order valence-corrected chi connectivity index (χ0v) is 6.66. The molecule has 0 aliphatic carbocycles. The summed E-state index contributed by atoms with van der Waals surface area (Å²) in [5.41, 5.74) is 2.61. The fourth-order valence-corrected chi connectivity index (χ4v) is 1.29. The molecule has 3 nitrogen and oxygen atoms in total. The molecule has 60 valence electrons. The van der Waals surface area contributed by atoms with Crippen molar-refractivity contribution in [1.29, 1.82) is 0 Å². The summed E-state index contributed by atoms with van der Waals surface area (Å²) >= 11 is 0. The third-order valence-corrected chi connectivity index (χ3v) is 1.99. The molecule has 0 spiro atoms. The third-order valence-electron chi connectivity index (χ3n) is 1.99. The van der Waals surface area contributed by atoms with E-state index in [0.29, 0.717) is 5.56 Å². The van der Waals surface area contributed by atoms with E-state index in [9.17, 15) is 4.79 Å². The maximum Gasteiger partial charge on any atom is 0.152 e. The van der Waals surface area contributed by atoms with Crippen LogP contribution in [0.1, 0.15) is 15.9 Å². The smallest absolute Gasteiger partial charge is 0.152 e. The van der Waals surface area contributed by atoms with Crippen LogP contribution in [0.15, 0.2) is 18.3 Å². The monoisotopic (exact) mass is 160 g/mol. The molecule has 1 N–H and O–H groups in total. The molecule has 0 unspecified atom stereocenters. The number of nitrogens with zero attached hydrogens (tertiary/aromatic N) is 1. The van der Waals surface area contributed by atoms with Gasteiger partial charge in [0.15, 0.2) is 6.29 Å². The summed E-state index contributed by atoms with van der Waals surface area (Å²) in [6.45, 7) is 1.99. The van der Waals surface area contributed by atoms with Crippen LogP contribution in [-0.2, 0) is 0 Å². The van der Waals surface area contributed by atoms with Gasteiger partial charge in [-0.2, -0.15) is 5.10 Å². The lowest BCUT2D eigenvalue weighted by atomic mass is 10.1. The van der Waals surface area contributed by atoms with E-state index in [4.69, 9.17) is 0 Å². The third kappa shape index (κ3) is 0.830. The summed E-state index contributed by atoms with van der Waals surface area (Å²) in [6.07, 6.45) is 2.57. The Morgan fingerprint density at radius 2 is 2.33 bits per heavy atom. The van der Waals surface area contributed by atoms with Gasteiger partial charge in [0.2, 0.25) is 0 Å². The molecule has 0 saturated heterocycles. The molecule has 0 bridgehead atoms. The molecule has 1 heterocycles. The van der Waals surface area contributed by atoms with Gasteiger partial charge in [0, 0.05) is 10.9 Å². The Morgan fingerprint density at radius 1 is 1.50 bits per heavy atom. The highest BCUT2D eigenvalue weighted by atomic mass is 16.1. The average Bonchev–Trinajstić information content (AvgIpc) is 2.54. The van der Waals surface area contributed by atoms with Crippen molar-refractivity contribution in [3.63, 3.8) is 0 Å². The molecule has 12 heavy (non-hydrogen) atoms. The fourth-order valence-electron chi connectivity index (χ4n) is 1.29. The van der Waals surface area contributed by atoms with E-state index in [1.54, 1.807) is 12.3 Å². The van der Waals surface area contributed by atoms with Crippen molar-refractivity contribution < 1.29 is 4.79 Å². The molecule has 3 heteroatoms. The maximum absolute atomic E-state index is 10.6. The molecular formula is C9H8N2O. The van der Waals surface area contributed by atoms with E-state index in [2.05, 4.69) is 10.2 Å². The Labute approximate surface area is 69.4 Å². The zero-order chi connectivity index (χ0) is 8.55. The number of hydrogen-bond acceptors (Lipinski definition) is 2. The summed E-state index contributed by atoms with van der Waals surface area (Å²) in [6, 6.07) is 3.71. The molecule has 0 saturated carbocycles. The van der Waals surface area contributed by atoms with Crippen LogP contribution in [-0.4, -0.2) is 16.5 Å². The number of carbonyl (C=O) groups excluding carboxylic acids is 1. The molecule has 2 aromatic rings. The minimum absolute atomic E-state index is 0.660. The predicted octanol–water partition coefficient (Wildman–Crippen LogP) is 1.68. The molecule has 1 aromatic carbocycles. The van der Waals surface area contributed by atoms with Crippen LogP contribution < -0.4 is 0 Å². The number of carbonyl (C=O) groups is 1. The van der Waals surface area contributed by atoms with Crippen molar-refractivity contribution >= 4 is 17.2 Å². The van der Waals surface area contributed by atoms with Gasteiger partial charge >= 0.3 is 0 Å². The molecule has 2 rings (SSSR count). The van der Waals surface area contributed by atoms with Gasteiger partial charge in [-0.3, -0.25) is 9.89 Å². The first kappa shape index (κ1) is 7.03. The lowest BCUT2D eigenvalue weighted by Crippen LogP contribution is -1.84. The predicted molar refractivity (Wildman–Crippen MR) is 46.2 cm³/mol. The Balaban J connectivity index is 2.91. The number of aromatic amines is 1. The average molecular weight is 160 g/mol.